The molecule has 2 N–H and O–H groups in total. The minimum absolute atomic E-state index is 0.0416. The van der Waals surface area contributed by atoms with Gasteiger partial charge in [-0.05, 0) is 55.4 Å². The number of nitriles is 1. The van der Waals surface area contributed by atoms with Crippen LogP contribution in [0, 0.1) is 16.7 Å². The Morgan fingerprint density at radius 2 is 1.71 bits per heavy atom. The zero-order valence-corrected chi connectivity index (χ0v) is 19.9. The molecule has 6 rings (SSSR count). The van der Waals surface area contributed by atoms with Crippen molar-refractivity contribution in [3.05, 3.63) is 47.9 Å². The van der Waals surface area contributed by atoms with E-state index in [0.29, 0.717) is 37.1 Å². The molecule has 0 amide bonds. The highest BCUT2D eigenvalue weighted by atomic mass is 19.4. The molecule has 0 aliphatic heterocycles. The SMILES string of the molecule is N#CC1(c2cc(Nc3nc(NC4CC5(C4)CC(F)(F)C5)nc(-c4cccc(C(F)(F)F)n4)n3)ccn2)CC1. The van der Waals surface area contributed by atoms with Crippen molar-refractivity contribution >= 4 is 17.6 Å². The Kier molecular flexibility index (Phi) is 5.31. The first kappa shape index (κ1) is 24.4. The predicted octanol–water partition coefficient (Wildman–Crippen LogP) is 5.64. The Morgan fingerprint density at radius 1 is 0.974 bits per heavy atom. The normalized spacial score (nSPS) is 20.6. The second kappa shape index (κ2) is 8.28. The maximum absolute atomic E-state index is 13.4. The number of anilines is 3. The van der Waals surface area contributed by atoms with Crippen LogP contribution in [0.4, 0.5) is 39.5 Å². The van der Waals surface area contributed by atoms with Gasteiger partial charge in [0.25, 0.3) is 0 Å². The van der Waals surface area contributed by atoms with E-state index >= 15 is 0 Å². The van der Waals surface area contributed by atoms with Crippen LogP contribution in [0.3, 0.4) is 0 Å². The Hall–Kier alpha value is -3.95. The zero-order valence-electron chi connectivity index (χ0n) is 19.9. The average Bonchev–Trinajstić information content (AvgIpc) is 3.63. The largest absolute Gasteiger partial charge is 0.433 e. The maximum Gasteiger partial charge on any atom is 0.433 e. The maximum atomic E-state index is 13.4. The summed E-state index contributed by atoms with van der Waals surface area (Å²) >= 11 is 0. The van der Waals surface area contributed by atoms with Crippen LogP contribution >= 0.6 is 0 Å². The van der Waals surface area contributed by atoms with Crippen molar-refractivity contribution in [2.24, 2.45) is 5.41 Å². The van der Waals surface area contributed by atoms with Crippen molar-refractivity contribution < 1.29 is 22.0 Å². The fourth-order valence-electron chi connectivity index (χ4n) is 5.38. The first-order valence-electron chi connectivity index (χ1n) is 12.1. The number of halogens is 5. The van der Waals surface area contributed by atoms with Crippen LogP contribution in [0.15, 0.2) is 36.5 Å². The fraction of sp³-hybridized carbons (Fsp3) is 0.440. The molecule has 196 valence electrons. The molecule has 1 spiro atoms. The average molecular weight is 528 g/mol. The third kappa shape index (κ3) is 4.59. The number of pyridine rings is 2. The topological polar surface area (TPSA) is 112 Å². The summed E-state index contributed by atoms with van der Waals surface area (Å²) in [5, 5.41) is 15.6. The van der Waals surface area contributed by atoms with Gasteiger partial charge in [-0.15, -0.1) is 0 Å². The lowest BCUT2D eigenvalue weighted by molar-refractivity contribution is -0.193. The minimum Gasteiger partial charge on any atom is -0.351 e. The van der Waals surface area contributed by atoms with Crippen LogP contribution in [-0.2, 0) is 11.6 Å². The number of nitrogens with one attached hydrogen (secondary N) is 2. The molecular formula is C25H21F5N8. The smallest absolute Gasteiger partial charge is 0.351 e. The summed E-state index contributed by atoms with van der Waals surface area (Å²) in [5.41, 5.74) is -1.04. The lowest BCUT2D eigenvalue weighted by Crippen LogP contribution is -2.57. The van der Waals surface area contributed by atoms with Gasteiger partial charge in [0.1, 0.15) is 11.4 Å². The second-order valence-electron chi connectivity index (χ2n) is 10.4. The molecule has 3 aliphatic carbocycles. The summed E-state index contributed by atoms with van der Waals surface area (Å²) in [7, 11) is 0. The zero-order chi connectivity index (χ0) is 26.8. The third-order valence-corrected chi connectivity index (χ3v) is 7.33. The molecule has 3 saturated carbocycles. The molecule has 3 aromatic heterocycles. The molecule has 0 bridgehead atoms. The van der Waals surface area contributed by atoms with Gasteiger partial charge in [0.15, 0.2) is 5.82 Å². The number of rotatable bonds is 6. The molecule has 3 fully saturated rings. The van der Waals surface area contributed by atoms with Crippen molar-refractivity contribution in [1.29, 1.82) is 5.26 Å². The molecular weight excluding hydrogens is 507 g/mol. The summed E-state index contributed by atoms with van der Waals surface area (Å²) in [6.45, 7) is 0. The third-order valence-electron chi connectivity index (χ3n) is 7.33. The lowest BCUT2D eigenvalue weighted by atomic mass is 9.52. The minimum atomic E-state index is -4.65. The molecule has 13 heteroatoms. The van der Waals surface area contributed by atoms with E-state index in [-0.39, 0.29) is 47.7 Å². The summed E-state index contributed by atoms with van der Waals surface area (Å²) in [5.74, 6) is -2.58. The van der Waals surface area contributed by atoms with Crippen LogP contribution in [-0.4, -0.2) is 36.9 Å². The number of hydrogen-bond acceptors (Lipinski definition) is 8. The van der Waals surface area contributed by atoms with Gasteiger partial charge in [-0.2, -0.15) is 33.4 Å². The first-order chi connectivity index (χ1) is 18.0. The number of hydrogen-bond donors (Lipinski definition) is 2. The Bertz CT molecular complexity index is 1430. The summed E-state index contributed by atoms with van der Waals surface area (Å²) in [6.07, 6.45) is -0.918. The van der Waals surface area contributed by atoms with Crippen LogP contribution < -0.4 is 10.6 Å². The number of alkyl halides is 5. The Labute approximate surface area is 213 Å². The van der Waals surface area contributed by atoms with E-state index in [9.17, 15) is 27.2 Å². The van der Waals surface area contributed by atoms with Crippen LogP contribution in [0.5, 0.6) is 0 Å². The number of aromatic nitrogens is 5. The van der Waals surface area contributed by atoms with Crippen LogP contribution in [0.1, 0.15) is 49.9 Å². The van der Waals surface area contributed by atoms with Gasteiger partial charge in [-0.3, -0.25) is 4.98 Å². The molecule has 0 saturated heterocycles. The second-order valence-corrected chi connectivity index (χ2v) is 10.4. The van der Waals surface area contributed by atoms with E-state index in [2.05, 4.69) is 41.6 Å². The van der Waals surface area contributed by atoms with Gasteiger partial charge in [0, 0.05) is 30.8 Å². The highest BCUT2D eigenvalue weighted by Gasteiger charge is 2.61. The van der Waals surface area contributed by atoms with Gasteiger partial charge in [0.2, 0.25) is 17.8 Å². The van der Waals surface area contributed by atoms with Crippen molar-refractivity contribution in [2.75, 3.05) is 10.6 Å². The lowest BCUT2D eigenvalue weighted by Gasteiger charge is -2.57. The Balaban J connectivity index is 1.29. The van der Waals surface area contributed by atoms with Gasteiger partial charge in [-0.25, -0.2) is 13.8 Å². The van der Waals surface area contributed by atoms with Crippen LogP contribution in [0.25, 0.3) is 11.5 Å². The van der Waals surface area contributed by atoms with Gasteiger partial charge in [0.05, 0.1) is 17.2 Å². The van der Waals surface area contributed by atoms with E-state index < -0.39 is 23.2 Å². The Morgan fingerprint density at radius 3 is 2.37 bits per heavy atom. The summed E-state index contributed by atoms with van der Waals surface area (Å²) in [6, 6.07) is 8.93. The van der Waals surface area contributed by atoms with Crippen LogP contribution in [0.2, 0.25) is 0 Å². The molecule has 0 radical (unpaired) electrons. The van der Waals surface area contributed by atoms with Crippen molar-refractivity contribution in [3.8, 4) is 17.6 Å². The first-order valence-corrected chi connectivity index (χ1v) is 12.1. The molecule has 0 atom stereocenters. The molecule has 0 aromatic carbocycles. The standard InChI is InChI=1S/C25H21F5N8/c26-24(27)11-22(12-24)9-15(10-22)34-21-37-19(16-2-1-3-17(35-16)25(28,29)30)36-20(38-21)33-14-4-7-32-18(8-14)23(13-31)5-6-23/h1-4,7-8,15H,5-6,9-12H2,(H2,32,33,34,36,37,38). The molecule has 38 heavy (non-hydrogen) atoms. The van der Waals surface area contributed by atoms with E-state index in [1.165, 1.54) is 12.1 Å². The van der Waals surface area contributed by atoms with Gasteiger partial charge >= 0.3 is 6.18 Å². The van der Waals surface area contributed by atoms with Crippen molar-refractivity contribution in [1.82, 2.24) is 24.9 Å². The predicted molar refractivity (Wildman–Crippen MR) is 125 cm³/mol. The fourth-order valence-corrected chi connectivity index (χ4v) is 5.38. The quantitative estimate of drug-likeness (QED) is 0.396. The molecule has 8 nitrogen and oxygen atoms in total. The van der Waals surface area contributed by atoms with Crippen molar-refractivity contribution in [3.63, 3.8) is 0 Å². The molecule has 0 unspecified atom stereocenters. The molecule has 3 aliphatic rings. The monoisotopic (exact) mass is 528 g/mol. The van der Waals surface area contributed by atoms with Gasteiger partial charge < -0.3 is 10.6 Å². The van der Waals surface area contributed by atoms with Crippen molar-refractivity contribution in [2.45, 2.75) is 62.1 Å². The van der Waals surface area contributed by atoms with Gasteiger partial charge in [-0.1, -0.05) is 6.07 Å². The van der Waals surface area contributed by atoms with E-state index in [1.807, 2.05) is 0 Å². The highest BCUT2D eigenvalue weighted by molar-refractivity contribution is 5.60. The molecule has 3 aromatic rings. The highest BCUT2D eigenvalue weighted by Crippen LogP contribution is 2.62. The summed E-state index contributed by atoms with van der Waals surface area (Å²) in [4.78, 5) is 20.9. The van der Waals surface area contributed by atoms with E-state index in [0.717, 1.165) is 6.07 Å². The summed E-state index contributed by atoms with van der Waals surface area (Å²) < 4.78 is 66.6. The van der Waals surface area contributed by atoms with E-state index in [1.54, 1.807) is 18.3 Å². The number of nitrogens with zero attached hydrogens (tertiary/aromatic N) is 6. The van der Waals surface area contributed by atoms with E-state index in [4.69, 9.17) is 0 Å². The molecule has 3 heterocycles.